The summed E-state index contributed by atoms with van der Waals surface area (Å²) in [7, 11) is 0. The minimum atomic E-state index is 0.129. The molecule has 1 amide bonds. The zero-order chi connectivity index (χ0) is 18.2. The number of hydrogen-bond acceptors (Lipinski definition) is 3. The Labute approximate surface area is 160 Å². The van der Waals surface area contributed by atoms with Gasteiger partial charge in [-0.3, -0.25) is 9.69 Å². The van der Waals surface area contributed by atoms with Crippen molar-refractivity contribution < 1.29 is 4.79 Å². The average molecular weight is 370 g/mol. The minimum absolute atomic E-state index is 0.129. The van der Waals surface area contributed by atoms with Gasteiger partial charge in [0, 0.05) is 43.4 Å². The molecule has 0 spiro atoms. The largest absolute Gasteiger partial charge is 0.376 e. The van der Waals surface area contributed by atoms with E-state index in [4.69, 9.17) is 11.6 Å². The van der Waals surface area contributed by atoms with Gasteiger partial charge in [0.15, 0.2) is 0 Å². The molecular formula is C21H24ClN3O. The number of piperazine rings is 1. The summed E-state index contributed by atoms with van der Waals surface area (Å²) in [5.74, 6) is 0.129. The first-order chi connectivity index (χ1) is 12.7. The van der Waals surface area contributed by atoms with Crippen molar-refractivity contribution in [2.75, 3.05) is 44.6 Å². The fourth-order valence-electron chi connectivity index (χ4n) is 2.97. The van der Waals surface area contributed by atoms with Crippen LogP contribution in [0.1, 0.15) is 5.56 Å². The van der Waals surface area contributed by atoms with E-state index in [1.807, 2.05) is 47.4 Å². The first kappa shape index (κ1) is 18.5. The van der Waals surface area contributed by atoms with Crippen LogP contribution in [0.3, 0.4) is 0 Å². The predicted molar refractivity (Wildman–Crippen MR) is 108 cm³/mol. The molecular weight excluding hydrogens is 346 g/mol. The number of carbonyl (C=O) groups is 1. The number of rotatable bonds is 6. The molecule has 136 valence electrons. The molecule has 0 aromatic heterocycles. The monoisotopic (exact) mass is 369 g/mol. The third kappa shape index (κ3) is 5.61. The van der Waals surface area contributed by atoms with Crippen molar-refractivity contribution in [3.05, 3.63) is 71.3 Å². The van der Waals surface area contributed by atoms with Gasteiger partial charge in [0.1, 0.15) is 0 Å². The van der Waals surface area contributed by atoms with Gasteiger partial charge in [-0.25, -0.2) is 0 Å². The van der Waals surface area contributed by atoms with Gasteiger partial charge in [-0.15, -0.1) is 0 Å². The number of hydrogen-bond donors (Lipinski definition) is 1. The van der Waals surface area contributed by atoms with Gasteiger partial charge in [-0.2, -0.15) is 0 Å². The van der Waals surface area contributed by atoms with E-state index in [9.17, 15) is 4.79 Å². The average Bonchev–Trinajstić information content (AvgIpc) is 2.68. The van der Waals surface area contributed by atoms with Gasteiger partial charge in [0.2, 0.25) is 5.91 Å². The quantitative estimate of drug-likeness (QED) is 0.844. The van der Waals surface area contributed by atoms with E-state index < -0.39 is 0 Å². The Hall–Kier alpha value is -2.30. The smallest absolute Gasteiger partial charge is 0.241 e. The molecule has 3 rings (SSSR count). The molecule has 2 aromatic carbocycles. The van der Waals surface area contributed by atoms with Gasteiger partial charge in [0.25, 0.3) is 0 Å². The highest BCUT2D eigenvalue weighted by Gasteiger charge is 2.19. The molecule has 5 heteroatoms. The van der Waals surface area contributed by atoms with E-state index >= 15 is 0 Å². The number of nitrogens with zero attached hydrogens (tertiary/aromatic N) is 2. The van der Waals surface area contributed by atoms with Gasteiger partial charge in [0.05, 0.1) is 6.54 Å². The maximum Gasteiger partial charge on any atom is 0.241 e. The summed E-state index contributed by atoms with van der Waals surface area (Å²) in [6, 6.07) is 17.7. The standard InChI is InChI=1S/C21H24ClN3O/c22-19-9-4-10-20(16-19)23-17-21(26)25-14-12-24(13-15-25)11-5-8-18-6-2-1-3-7-18/h1-10,16,23H,11-15,17H2/b8-5+. The van der Waals surface area contributed by atoms with Crippen LogP contribution in [0.15, 0.2) is 60.7 Å². The maximum absolute atomic E-state index is 12.4. The lowest BCUT2D eigenvalue weighted by Gasteiger charge is -2.34. The molecule has 0 atom stereocenters. The van der Waals surface area contributed by atoms with Gasteiger partial charge < -0.3 is 10.2 Å². The summed E-state index contributed by atoms with van der Waals surface area (Å²) in [6.45, 7) is 4.57. The molecule has 1 aliphatic heterocycles. The van der Waals surface area contributed by atoms with Crippen LogP contribution in [0.4, 0.5) is 5.69 Å². The zero-order valence-electron chi connectivity index (χ0n) is 14.8. The predicted octanol–water partition coefficient (Wildman–Crippen LogP) is 3.61. The second-order valence-corrected chi connectivity index (χ2v) is 6.79. The number of anilines is 1. The van der Waals surface area contributed by atoms with Crippen LogP contribution in [0.2, 0.25) is 5.02 Å². The molecule has 0 aliphatic carbocycles. The number of halogens is 1. The molecule has 1 heterocycles. The third-order valence-corrected chi connectivity index (χ3v) is 4.70. The Balaban J connectivity index is 1.39. The Kier molecular flexibility index (Phi) is 6.69. The molecule has 0 bridgehead atoms. The first-order valence-corrected chi connectivity index (χ1v) is 9.30. The lowest BCUT2D eigenvalue weighted by Crippen LogP contribution is -2.50. The lowest BCUT2D eigenvalue weighted by atomic mass is 10.2. The van der Waals surface area contributed by atoms with Crippen molar-refractivity contribution >= 4 is 29.3 Å². The van der Waals surface area contributed by atoms with Crippen LogP contribution in [0, 0.1) is 0 Å². The summed E-state index contributed by atoms with van der Waals surface area (Å²) in [6.07, 6.45) is 4.33. The summed E-state index contributed by atoms with van der Waals surface area (Å²) in [5, 5.41) is 3.81. The second kappa shape index (κ2) is 9.41. The van der Waals surface area contributed by atoms with Gasteiger partial charge >= 0.3 is 0 Å². The maximum atomic E-state index is 12.4. The van der Waals surface area contributed by atoms with Crippen molar-refractivity contribution in [3.63, 3.8) is 0 Å². The number of nitrogens with one attached hydrogen (secondary N) is 1. The molecule has 4 nitrogen and oxygen atoms in total. The van der Waals surface area contributed by atoms with Crippen molar-refractivity contribution in [3.8, 4) is 0 Å². The summed E-state index contributed by atoms with van der Waals surface area (Å²) < 4.78 is 0. The second-order valence-electron chi connectivity index (χ2n) is 6.36. The molecule has 1 N–H and O–H groups in total. The van der Waals surface area contributed by atoms with Crippen LogP contribution < -0.4 is 5.32 Å². The Morgan fingerprint density at radius 1 is 1.04 bits per heavy atom. The molecule has 1 saturated heterocycles. The van der Waals surface area contributed by atoms with Crippen LogP contribution in [-0.2, 0) is 4.79 Å². The van der Waals surface area contributed by atoms with Crippen LogP contribution >= 0.6 is 11.6 Å². The van der Waals surface area contributed by atoms with Crippen molar-refractivity contribution in [2.24, 2.45) is 0 Å². The number of amides is 1. The zero-order valence-corrected chi connectivity index (χ0v) is 15.5. The van der Waals surface area contributed by atoms with Crippen LogP contribution in [-0.4, -0.2) is 55.0 Å². The highest BCUT2D eigenvalue weighted by molar-refractivity contribution is 6.30. The van der Waals surface area contributed by atoms with Gasteiger partial charge in [-0.1, -0.05) is 60.2 Å². The highest BCUT2D eigenvalue weighted by Crippen LogP contribution is 2.14. The summed E-state index contributed by atoms with van der Waals surface area (Å²) in [5.41, 5.74) is 2.09. The first-order valence-electron chi connectivity index (χ1n) is 8.92. The normalized spacial score (nSPS) is 15.3. The van der Waals surface area contributed by atoms with Crippen molar-refractivity contribution in [1.82, 2.24) is 9.80 Å². The fourth-order valence-corrected chi connectivity index (χ4v) is 3.16. The van der Waals surface area contributed by atoms with E-state index in [-0.39, 0.29) is 5.91 Å². The number of benzene rings is 2. The Bertz CT molecular complexity index is 740. The van der Waals surface area contributed by atoms with E-state index in [1.165, 1.54) is 5.56 Å². The minimum Gasteiger partial charge on any atom is -0.376 e. The summed E-state index contributed by atoms with van der Waals surface area (Å²) in [4.78, 5) is 16.7. The van der Waals surface area contributed by atoms with Crippen LogP contribution in [0.25, 0.3) is 6.08 Å². The third-order valence-electron chi connectivity index (χ3n) is 4.47. The summed E-state index contributed by atoms with van der Waals surface area (Å²) >= 11 is 5.96. The molecule has 26 heavy (non-hydrogen) atoms. The highest BCUT2D eigenvalue weighted by atomic mass is 35.5. The fraction of sp³-hybridized carbons (Fsp3) is 0.286. The number of carbonyl (C=O) groups excluding carboxylic acids is 1. The molecule has 1 aliphatic rings. The lowest BCUT2D eigenvalue weighted by molar-refractivity contribution is -0.130. The van der Waals surface area contributed by atoms with E-state index in [0.29, 0.717) is 11.6 Å². The topological polar surface area (TPSA) is 35.6 Å². The molecule has 0 saturated carbocycles. The van der Waals surface area contributed by atoms with E-state index in [0.717, 1.165) is 38.4 Å². The molecule has 2 aromatic rings. The van der Waals surface area contributed by atoms with Crippen LogP contribution in [0.5, 0.6) is 0 Å². The Morgan fingerprint density at radius 2 is 1.81 bits per heavy atom. The molecule has 0 radical (unpaired) electrons. The van der Waals surface area contributed by atoms with Gasteiger partial charge in [-0.05, 0) is 23.8 Å². The Morgan fingerprint density at radius 3 is 2.54 bits per heavy atom. The van der Waals surface area contributed by atoms with E-state index in [2.05, 4.69) is 34.5 Å². The molecule has 1 fully saturated rings. The SMILES string of the molecule is O=C(CNc1cccc(Cl)c1)N1CCN(C/C=C/c2ccccc2)CC1. The van der Waals surface area contributed by atoms with Crippen molar-refractivity contribution in [2.45, 2.75) is 0 Å². The van der Waals surface area contributed by atoms with Crippen molar-refractivity contribution in [1.29, 1.82) is 0 Å². The van der Waals surface area contributed by atoms with E-state index in [1.54, 1.807) is 0 Å². The molecule has 0 unspecified atom stereocenters.